The highest BCUT2D eigenvalue weighted by atomic mass is 32.2. The number of hydrogen-bond acceptors (Lipinski definition) is 4. The first kappa shape index (κ1) is 17.5. The Bertz CT molecular complexity index is 954. The van der Waals surface area contributed by atoms with Crippen molar-refractivity contribution in [1.82, 2.24) is 19.7 Å². The molecule has 1 atom stereocenters. The summed E-state index contributed by atoms with van der Waals surface area (Å²) in [4.78, 5) is 28.2. The van der Waals surface area contributed by atoms with Gasteiger partial charge in [0.2, 0.25) is 0 Å². The molecule has 0 amide bonds. The minimum Gasteiger partial charge on any atom is -0.358 e. The number of carbonyl (C=O) groups excluding carboxylic acids is 1. The van der Waals surface area contributed by atoms with Crippen molar-refractivity contribution >= 4 is 28.4 Å². The Hall–Kier alpha value is -2.28. The smallest absolute Gasteiger partial charge is 0.343 e. The van der Waals surface area contributed by atoms with Crippen LogP contribution in [0.2, 0.25) is 0 Å². The van der Waals surface area contributed by atoms with Crippen molar-refractivity contribution in [2.75, 3.05) is 0 Å². The maximum absolute atomic E-state index is 13.0. The van der Waals surface area contributed by atoms with Gasteiger partial charge in [-0.3, -0.25) is 9.36 Å². The van der Waals surface area contributed by atoms with Crippen molar-refractivity contribution < 1.29 is 4.79 Å². The number of aromatic nitrogens is 4. The normalized spacial score (nSPS) is 12.6. The number of benzene rings is 1. The highest BCUT2D eigenvalue weighted by Crippen LogP contribution is 2.28. The number of thioether (sulfide) groups is 1. The molecule has 1 aromatic carbocycles. The third-order valence-corrected chi connectivity index (χ3v) is 5.34. The maximum Gasteiger partial charge on any atom is 0.343 e. The van der Waals surface area contributed by atoms with E-state index in [0.717, 1.165) is 29.4 Å². The Kier molecular flexibility index (Phi) is 5.13. The van der Waals surface area contributed by atoms with Crippen LogP contribution in [0.1, 0.15) is 42.7 Å². The number of nitrogens with zero attached hydrogens (tertiary/aromatic N) is 2. The molecule has 7 heteroatoms. The van der Waals surface area contributed by atoms with Crippen molar-refractivity contribution in [2.45, 2.75) is 50.6 Å². The number of Topliss-reactive ketones (excluding diaryl/α,β-unsaturated/α-hetero) is 1. The van der Waals surface area contributed by atoms with Gasteiger partial charge in [0.25, 0.3) is 0 Å². The van der Waals surface area contributed by atoms with E-state index in [1.807, 2.05) is 38.1 Å². The predicted octanol–water partition coefficient (Wildman–Crippen LogP) is 3.52. The first-order chi connectivity index (χ1) is 12.0. The quantitative estimate of drug-likeness (QED) is 0.500. The van der Waals surface area contributed by atoms with Gasteiger partial charge in [-0.25, -0.2) is 9.89 Å². The van der Waals surface area contributed by atoms with Crippen LogP contribution in [0.4, 0.5) is 0 Å². The van der Waals surface area contributed by atoms with Crippen LogP contribution in [0.15, 0.2) is 34.2 Å². The van der Waals surface area contributed by atoms with Gasteiger partial charge in [0, 0.05) is 28.7 Å². The van der Waals surface area contributed by atoms with Gasteiger partial charge in [-0.05, 0) is 26.3 Å². The molecular formula is C18H22N4O2S. The lowest BCUT2D eigenvalue weighted by Gasteiger charge is -2.11. The van der Waals surface area contributed by atoms with E-state index < -0.39 is 0 Å². The highest BCUT2D eigenvalue weighted by Gasteiger charge is 2.24. The average molecular weight is 358 g/mol. The molecule has 1 unspecified atom stereocenters. The summed E-state index contributed by atoms with van der Waals surface area (Å²) in [5, 5.41) is 7.73. The van der Waals surface area contributed by atoms with Gasteiger partial charge < -0.3 is 4.98 Å². The van der Waals surface area contributed by atoms with Gasteiger partial charge in [0.05, 0.1) is 5.25 Å². The molecule has 0 aliphatic heterocycles. The molecule has 2 heterocycles. The van der Waals surface area contributed by atoms with Crippen LogP contribution in [0.25, 0.3) is 10.9 Å². The number of nitrogens with one attached hydrogen (secondary N) is 2. The van der Waals surface area contributed by atoms with Crippen LogP contribution in [0, 0.1) is 6.92 Å². The molecule has 2 N–H and O–H groups in total. The largest absolute Gasteiger partial charge is 0.358 e. The predicted molar refractivity (Wildman–Crippen MR) is 100 cm³/mol. The third kappa shape index (κ3) is 3.42. The lowest BCUT2D eigenvalue weighted by molar-refractivity contribution is 0.0995. The standard InChI is InChI=1S/C18H22N4O2S/c1-4-5-10-22-17(24)20-21-18(22)25-12(3)16(23)15-11(2)19-14-9-7-6-8-13(14)15/h6-9,12,19H,4-5,10H2,1-3H3,(H,20,24). The molecule has 0 saturated carbocycles. The minimum absolute atomic E-state index is 0.0393. The summed E-state index contributed by atoms with van der Waals surface area (Å²) >= 11 is 1.32. The summed E-state index contributed by atoms with van der Waals surface area (Å²) in [6.45, 7) is 6.46. The summed E-state index contributed by atoms with van der Waals surface area (Å²) < 4.78 is 1.61. The number of rotatable bonds is 7. The summed E-state index contributed by atoms with van der Waals surface area (Å²) in [5.74, 6) is 0.0393. The first-order valence-electron chi connectivity index (χ1n) is 8.46. The van der Waals surface area contributed by atoms with Crippen molar-refractivity contribution in [1.29, 1.82) is 0 Å². The summed E-state index contributed by atoms with van der Waals surface area (Å²) in [6, 6.07) is 7.80. The van der Waals surface area contributed by atoms with E-state index in [1.54, 1.807) is 4.57 Å². The van der Waals surface area contributed by atoms with Crippen molar-refractivity contribution in [3.05, 3.63) is 46.0 Å². The number of H-pyrrole nitrogens is 2. The number of aromatic amines is 2. The number of ketones is 1. The number of carbonyl (C=O) groups is 1. The van der Waals surface area contributed by atoms with Gasteiger partial charge >= 0.3 is 5.69 Å². The van der Waals surface area contributed by atoms with Crippen LogP contribution < -0.4 is 5.69 Å². The monoisotopic (exact) mass is 358 g/mol. The Balaban J connectivity index is 1.86. The molecule has 0 spiro atoms. The van der Waals surface area contributed by atoms with Crippen LogP contribution in [-0.2, 0) is 6.54 Å². The SMILES string of the molecule is CCCCn1c(SC(C)C(=O)c2c(C)[nH]c3ccccc23)n[nH]c1=O. The Morgan fingerprint density at radius 3 is 2.88 bits per heavy atom. The van der Waals surface area contributed by atoms with Crippen molar-refractivity contribution in [3.63, 3.8) is 0 Å². The third-order valence-electron chi connectivity index (χ3n) is 4.25. The number of unbranched alkanes of at least 4 members (excludes halogenated alkanes) is 1. The van der Waals surface area contributed by atoms with E-state index in [-0.39, 0.29) is 16.7 Å². The Labute approximate surface area is 150 Å². The zero-order valence-corrected chi connectivity index (χ0v) is 15.4. The van der Waals surface area contributed by atoms with Crippen LogP contribution in [-0.4, -0.2) is 30.8 Å². The fourth-order valence-electron chi connectivity index (χ4n) is 2.92. The fraction of sp³-hybridized carbons (Fsp3) is 0.389. The molecule has 3 aromatic rings. The zero-order valence-electron chi connectivity index (χ0n) is 14.6. The molecule has 0 saturated heterocycles. The summed E-state index contributed by atoms with van der Waals surface area (Å²) in [7, 11) is 0. The summed E-state index contributed by atoms with van der Waals surface area (Å²) in [6.07, 6.45) is 1.89. The van der Waals surface area contributed by atoms with E-state index in [4.69, 9.17) is 0 Å². The molecule has 25 heavy (non-hydrogen) atoms. The molecule has 3 rings (SSSR count). The van der Waals surface area contributed by atoms with E-state index in [9.17, 15) is 9.59 Å². The van der Waals surface area contributed by atoms with Gasteiger partial charge in [-0.1, -0.05) is 43.3 Å². The second-order valence-electron chi connectivity index (χ2n) is 6.11. The maximum atomic E-state index is 13.0. The number of hydrogen-bond donors (Lipinski definition) is 2. The average Bonchev–Trinajstić information content (AvgIpc) is 3.11. The topological polar surface area (TPSA) is 83.5 Å². The second-order valence-corrected chi connectivity index (χ2v) is 7.42. The first-order valence-corrected chi connectivity index (χ1v) is 9.34. The van der Waals surface area contributed by atoms with Gasteiger partial charge in [0.15, 0.2) is 10.9 Å². The molecule has 0 fully saturated rings. The molecule has 0 aliphatic carbocycles. The summed E-state index contributed by atoms with van der Waals surface area (Å²) in [5.41, 5.74) is 2.32. The van der Waals surface area contributed by atoms with Crippen LogP contribution in [0.3, 0.4) is 0 Å². The van der Waals surface area contributed by atoms with Gasteiger partial charge in [-0.15, -0.1) is 5.10 Å². The lowest BCUT2D eigenvalue weighted by atomic mass is 10.1. The second kappa shape index (κ2) is 7.31. The van der Waals surface area contributed by atoms with Crippen molar-refractivity contribution in [2.24, 2.45) is 0 Å². The molecule has 132 valence electrons. The van der Waals surface area contributed by atoms with Crippen LogP contribution in [0.5, 0.6) is 0 Å². The number of para-hydroxylation sites is 1. The Morgan fingerprint density at radius 1 is 1.36 bits per heavy atom. The Morgan fingerprint density at radius 2 is 2.12 bits per heavy atom. The van der Waals surface area contributed by atoms with E-state index in [0.29, 0.717) is 17.3 Å². The fourth-order valence-corrected chi connectivity index (χ4v) is 3.86. The van der Waals surface area contributed by atoms with Gasteiger partial charge in [-0.2, -0.15) is 0 Å². The van der Waals surface area contributed by atoms with E-state index in [1.165, 1.54) is 11.8 Å². The van der Waals surface area contributed by atoms with Gasteiger partial charge in [0.1, 0.15) is 0 Å². The molecule has 0 radical (unpaired) electrons. The molecule has 0 aliphatic rings. The van der Waals surface area contributed by atoms with E-state index >= 15 is 0 Å². The lowest BCUT2D eigenvalue weighted by Crippen LogP contribution is -2.20. The highest BCUT2D eigenvalue weighted by molar-refractivity contribution is 8.00. The molecule has 2 aromatic heterocycles. The zero-order chi connectivity index (χ0) is 18.0. The molecular weight excluding hydrogens is 336 g/mol. The minimum atomic E-state index is -0.339. The number of aryl methyl sites for hydroxylation is 1. The number of fused-ring (bicyclic) bond motifs is 1. The van der Waals surface area contributed by atoms with Crippen molar-refractivity contribution in [3.8, 4) is 0 Å². The molecule has 6 nitrogen and oxygen atoms in total. The van der Waals surface area contributed by atoms with Crippen LogP contribution >= 0.6 is 11.8 Å². The van der Waals surface area contributed by atoms with E-state index in [2.05, 4.69) is 22.1 Å². The molecule has 0 bridgehead atoms.